The first kappa shape index (κ1) is 21.9. The van der Waals surface area contributed by atoms with Gasteiger partial charge in [-0.3, -0.25) is 9.59 Å². The first-order chi connectivity index (χ1) is 13.2. The Hall–Kier alpha value is -1.38. The monoisotopic (exact) mass is 412 g/mol. The van der Waals surface area contributed by atoms with Crippen molar-refractivity contribution in [2.45, 2.75) is 37.4 Å². The second-order valence-corrected chi connectivity index (χ2v) is 9.10. The van der Waals surface area contributed by atoms with E-state index in [1.54, 1.807) is 18.2 Å². The molecule has 3 N–H and O–H groups in total. The summed E-state index contributed by atoms with van der Waals surface area (Å²) in [6.45, 7) is 1.58. The topological polar surface area (TPSA) is 87.7 Å². The summed E-state index contributed by atoms with van der Waals surface area (Å²) < 4.78 is 5.40. The average Bonchev–Trinajstić information content (AvgIpc) is 3.18. The minimum Gasteiger partial charge on any atom is -0.507 e. The van der Waals surface area contributed by atoms with Crippen LogP contribution in [-0.4, -0.2) is 54.2 Å². The Balaban J connectivity index is 1.41. The number of aromatic hydroxyl groups is 1. The molecule has 1 aromatic carbocycles. The summed E-state index contributed by atoms with van der Waals surface area (Å²) in [5.74, 6) is 0.952. The van der Waals surface area contributed by atoms with Gasteiger partial charge < -0.3 is 20.5 Å². The summed E-state index contributed by atoms with van der Waals surface area (Å²) in [5.41, 5.74) is 0.245. The molecule has 27 heavy (non-hydrogen) atoms. The molecule has 0 aromatic heterocycles. The van der Waals surface area contributed by atoms with Gasteiger partial charge in [0.2, 0.25) is 5.91 Å². The van der Waals surface area contributed by atoms with Crippen LogP contribution in [0.4, 0.5) is 0 Å². The van der Waals surface area contributed by atoms with Crippen molar-refractivity contribution in [2.75, 3.05) is 32.1 Å². The third-order valence-corrected chi connectivity index (χ3v) is 7.16. The van der Waals surface area contributed by atoms with Crippen LogP contribution in [0.25, 0.3) is 0 Å². The Kier molecular flexibility index (Phi) is 10.5. The summed E-state index contributed by atoms with van der Waals surface area (Å²) >= 11 is 0. The number of unbranched alkanes of at least 4 members (excludes halogenated alkanes) is 1. The van der Waals surface area contributed by atoms with Gasteiger partial charge in [0.1, 0.15) is 5.75 Å². The Morgan fingerprint density at radius 3 is 2.67 bits per heavy atom. The highest BCUT2D eigenvalue weighted by Crippen LogP contribution is 2.39. The van der Waals surface area contributed by atoms with Crippen LogP contribution in [0.1, 0.15) is 42.5 Å². The molecule has 6 nitrogen and oxygen atoms in total. The SMILES string of the molecule is O=C(CCCCC1CCSS1)NCCOCCNC(=O)c1ccccc1O. The maximum absolute atomic E-state index is 11.9. The maximum Gasteiger partial charge on any atom is 0.255 e. The van der Waals surface area contributed by atoms with Crippen molar-refractivity contribution in [3.63, 3.8) is 0 Å². The van der Waals surface area contributed by atoms with Gasteiger partial charge in [-0.25, -0.2) is 0 Å². The number of phenolic OH excluding ortho intramolecular Hbond substituents is 1. The summed E-state index contributed by atoms with van der Waals surface area (Å²) in [6, 6.07) is 6.39. The molecule has 0 bridgehead atoms. The van der Waals surface area contributed by atoms with E-state index in [1.807, 2.05) is 21.6 Å². The molecule has 0 spiro atoms. The van der Waals surface area contributed by atoms with Crippen LogP contribution in [0.15, 0.2) is 24.3 Å². The molecule has 0 aliphatic carbocycles. The molecule has 0 radical (unpaired) electrons. The Morgan fingerprint density at radius 1 is 1.15 bits per heavy atom. The van der Waals surface area contributed by atoms with Crippen molar-refractivity contribution >= 4 is 33.4 Å². The van der Waals surface area contributed by atoms with Gasteiger partial charge in [-0.15, -0.1) is 0 Å². The second-order valence-electron chi connectivity index (χ2n) is 6.31. The minimum absolute atomic E-state index is 0.0421. The van der Waals surface area contributed by atoms with Crippen LogP contribution < -0.4 is 10.6 Å². The third kappa shape index (κ3) is 8.90. The molecule has 1 heterocycles. The van der Waals surface area contributed by atoms with E-state index in [4.69, 9.17) is 4.74 Å². The van der Waals surface area contributed by atoms with Gasteiger partial charge in [0.25, 0.3) is 5.91 Å². The highest BCUT2D eigenvalue weighted by Gasteiger charge is 2.15. The van der Waals surface area contributed by atoms with Crippen molar-refractivity contribution in [1.29, 1.82) is 0 Å². The fourth-order valence-electron chi connectivity index (χ4n) is 2.67. The summed E-state index contributed by atoms with van der Waals surface area (Å²) in [4.78, 5) is 23.6. The van der Waals surface area contributed by atoms with Crippen LogP contribution in [-0.2, 0) is 9.53 Å². The van der Waals surface area contributed by atoms with Gasteiger partial charge in [-0.05, 0) is 31.4 Å². The number of carbonyl (C=O) groups is 2. The number of hydrogen-bond acceptors (Lipinski definition) is 6. The number of carbonyl (C=O) groups excluding carboxylic acids is 2. The number of rotatable bonds is 12. The molecule has 8 heteroatoms. The number of ether oxygens (including phenoxy) is 1. The predicted octanol–water partition coefficient (Wildman–Crippen LogP) is 2.97. The lowest BCUT2D eigenvalue weighted by molar-refractivity contribution is -0.121. The molecular formula is C19H28N2O4S2. The number of benzene rings is 1. The fraction of sp³-hybridized carbons (Fsp3) is 0.579. The van der Waals surface area contributed by atoms with E-state index in [1.165, 1.54) is 24.7 Å². The van der Waals surface area contributed by atoms with Crippen LogP contribution in [0.2, 0.25) is 0 Å². The summed E-state index contributed by atoms with van der Waals surface area (Å²) in [7, 11) is 3.94. The van der Waals surface area contributed by atoms with Crippen LogP contribution >= 0.6 is 21.6 Å². The Morgan fingerprint density at radius 2 is 1.93 bits per heavy atom. The van der Waals surface area contributed by atoms with E-state index in [0.717, 1.165) is 18.1 Å². The molecule has 2 rings (SSSR count). The van der Waals surface area contributed by atoms with Crippen molar-refractivity contribution in [1.82, 2.24) is 10.6 Å². The summed E-state index contributed by atoms with van der Waals surface area (Å²) in [5, 5.41) is 15.9. The lowest BCUT2D eigenvalue weighted by Crippen LogP contribution is -2.30. The molecule has 1 atom stereocenters. The normalized spacial score (nSPS) is 16.2. The first-order valence-electron chi connectivity index (χ1n) is 9.35. The second kappa shape index (κ2) is 12.9. The van der Waals surface area contributed by atoms with E-state index < -0.39 is 0 Å². The molecule has 0 saturated carbocycles. The van der Waals surface area contributed by atoms with Gasteiger partial charge in [0, 0.05) is 30.5 Å². The van der Waals surface area contributed by atoms with Crippen molar-refractivity contribution in [3.05, 3.63) is 29.8 Å². The largest absolute Gasteiger partial charge is 0.507 e. The zero-order valence-corrected chi connectivity index (χ0v) is 17.1. The number of amides is 2. The van der Waals surface area contributed by atoms with Crippen molar-refractivity contribution < 1.29 is 19.4 Å². The smallest absolute Gasteiger partial charge is 0.255 e. The molecule has 1 unspecified atom stereocenters. The number of hydrogen-bond donors (Lipinski definition) is 3. The van der Waals surface area contributed by atoms with E-state index in [-0.39, 0.29) is 23.1 Å². The molecule has 1 aromatic rings. The third-order valence-electron chi connectivity index (χ3n) is 4.16. The number of nitrogens with one attached hydrogen (secondary N) is 2. The van der Waals surface area contributed by atoms with Gasteiger partial charge in [-0.1, -0.05) is 40.1 Å². The Labute approximate surface area is 168 Å². The molecule has 1 fully saturated rings. The Bertz CT molecular complexity index is 595. The molecule has 150 valence electrons. The summed E-state index contributed by atoms with van der Waals surface area (Å²) in [6.07, 6.45) is 5.12. The van der Waals surface area contributed by atoms with E-state index >= 15 is 0 Å². The molecule has 1 aliphatic rings. The lowest BCUT2D eigenvalue weighted by atomic mass is 10.1. The zero-order chi connectivity index (χ0) is 19.3. The van der Waals surface area contributed by atoms with Crippen molar-refractivity contribution in [2.24, 2.45) is 0 Å². The quantitative estimate of drug-likeness (QED) is 0.361. The predicted molar refractivity (Wildman–Crippen MR) is 111 cm³/mol. The first-order valence-corrected chi connectivity index (χ1v) is 11.7. The highest BCUT2D eigenvalue weighted by molar-refractivity contribution is 8.77. The van der Waals surface area contributed by atoms with Gasteiger partial charge >= 0.3 is 0 Å². The number of phenols is 1. The highest BCUT2D eigenvalue weighted by atomic mass is 33.1. The molecule has 2 amide bonds. The van der Waals surface area contributed by atoms with E-state index in [9.17, 15) is 14.7 Å². The standard InChI is InChI=1S/C19H28N2O4S2/c22-17-7-3-2-6-16(17)19(24)21-11-13-25-12-10-20-18(23)8-4-1-5-15-9-14-26-27-15/h2-3,6-7,15,22H,1,4-5,8-14H2,(H,20,23)(H,21,24). The van der Waals surface area contributed by atoms with Gasteiger partial charge in [0.15, 0.2) is 0 Å². The van der Waals surface area contributed by atoms with Crippen LogP contribution in [0.5, 0.6) is 5.75 Å². The van der Waals surface area contributed by atoms with Gasteiger partial charge in [-0.2, -0.15) is 0 Å². The van der Waals surface area contributed by atoms with E-state index in [0.29, 0.717) is 32.7 Å². The fourth-order valence-corrected chi connectivity index (χ4v) is 5.70. The van der Waals surface area contributed by atoms with Crippen LogP contribution in [0, 0.1) is 0 Å². The molecule has 1 aliphatic heterocycles. The van der Waals surface area contributed by atoms with Crippen molar-refractivity contribution in [3.8, 4) is 5.75 Å². The number of para-hydroxylation sites is 1. The molecule has 1 saturated heterocycles. The van der Waals surface area contributed by atoms with E-state index in [2.05, 4.69) is 10.6 Å². The lowest BCUT2D eigenvalue weighted by Gasteiger charge is -2.09. The maximum atomic E-state index is 11.9. The zero-order valence-electron chi connectivity index (χ0n) is 15.4. The molecular weight excluding hydrogens is 384 g/mol. The average molecular weight is 413 g/mol. The van der Waals surface area contributed by atoms with Gasteiger partial charge in [0.05, 0.1) is 18.8 Å². The minimum atomic E-state index is -0.334. The van der Waals surface area contributed by atoms with Crippen LogP contribution in [0.3, 0.4) is 0 Å².